The van der Waals surface area contributed by atoms with Crippen molar-refractivity contribution in [1.82, 2.24) is 4.98 Å². The van der Waals surface area contributed by atoms with Crippen molar-refractivity contribution in [2.75, 3.05) is 7.11 Å². The van der Waals surface area contributed by atoms with E-state index in [-0.39, 0.29) is 34.3 Å². The number of pyridine rings is 1. The van der Waals surface area contributed by atoms with E-state index in [1.165, 1.54) is 7.11 Å². The second-order valence-electron chi connectivity index (χ2n) is 6.43. The molecule has 1 heterocycles. The lowest BCUT2D eigenvalue weighted by Gasteiger charge is -2.47. The fourth-order valence-corrected chi connectivity index (χ4v) is 4.51. The molecule has 4 rings (SSSR count). The van der Waals surface area contributed by atoms with Crippen molar-refractivity contribution in [3.63, 3.8) is 0 Å². The fraction of sp³-hybridized carbons (Fsp3) is 0.588. The molecule has 4 nitrogen and oxygen atoms in total. The second-order valence-corrected chi connectivity index (χ2v) is 6.79. The van der Waals surface area contributed by atoms with Gasteiger partial charge < -0.3 is 4.74 Å². The predicted molar refractivity (Wildman–Crippen MR) is 83.6 cm³/mol. The van der Waals surface area contributed by atoms with E-state index >= 15 is 0 Å². The molecule has 2 bridgehead atoms. The van der Waals surface area contributed by atoms with Gasteiger partial charge in [0, 0.05) is 0 Å². The first kappa shape index (κ1) is 16.2. The summed E-state index contributed by atoms with van der Waals surface area (Å²) in [5.41, 5.74) is 0.261. The Bertz CT molecular complexity index is 665. The van der Waals surface area contributed by atoms with E-state index in [2.05, 4.69) is 9.83 Å². The van der Waals surface area contributed by atoms with Gasteiger partial charge in [-0.1, -0.05) is 11.6 Å². The first-order chi connectivity index (χ1) is 11.0. The molecule has 0 aliphatic heterocycles. The standard InChI is InChI=1S/C17H18ClFN2O2/c1-20-14-8-12(19)13(21-16(14)18)7-11-9-3-5-10(6-4-9)15(11)17(22)23-2/h8-11,15H,3-7H2,2H3/t9?,10?,11-,15-/m0/s1. The van der Waals surface area contributed by atoms with Crippen molar-refractivity contribution in [1.29, 1.82) is 0 Å². The van der Waals surface area contributed by atoms with Crippen molar-refractivity contribution >= 4 is 23.3 Å². The number of aromatic nitrogens is 1. The van der Waals surface area contributed by atoms with Crippen LogP contribution < -0.4 is 0 Å². The Hall–Kier alpha value is -1.67. The van der Waals surface area contributed by atoms with Gasteiger partial charge in [-0.15, -0.1) is 0 Å². The van der Waals surface area contributed by atoms with Crippen LogP contribution in [0.5, 0.6) is 0 Å². The van der Waals surface area contributed by atoms with Gasteiger partial charge in [0.05, 0.1) is 25.3 Å². The van der Waals surface area contributed by atoms with Gasteiger partial charge in [0.2, 0.25) is 5.69 Å². The Morgan fingerprint density at radius 2 is 2.09 bits per heavy atom. The first-order valence-corrected chi connectivity index (χ1v) is 8.23. The highest BCUT2D eigenvalue weighted by molar-refractivity contribution is 6.32. The van der Waals surface area contributed by atoms with Crippen LogP contribution in [-0.4, -0.2) is 18.1 Å². The molecule has 1 aromatic heterocycles. The van der Waals surface area contributed by atoms with Crippen molar-refractivity contribution in [2.24, 2.45) is 23.7 Å². The average Bonchev–Trinajstić information content (AvgIpc) is 2.58. The van der Waals surface area contributed by atoms with Gasteiger partial charge in [-0.2, -0.15) is 0 Å². The van der Waals surface area contributed by atoms with Crippen LogP contribution in [0.2, 0.25) is 5.15 Å². The number of nitrogens with zero attached hydrogens (tertiary/aromatic N) is 2. The van der Waals surface area contributed by atoms with Gasteiger partial charge in [0.15, 0.2) is 0 Å². The number of hydrogen-bond donors (Lipinski definition) is 0. The van der Waals surface area contributed by atoms with Crippen LogP contribution in [-0.2, 0) is 16.0 Å². The largest absolute Gasteiger partial charge is 0.469 e. The molecule has 0 unspecified atom stereocenters. The summed E-state index contributed by atoms with van der Waals surface area (Å²) in [6.07, 6.45) is 4.57. The summed E-state index contributed by atoms with van der Waals surface area (Å²) < 4.78 is 19.2. The summed E-state index contributed by atoms with van der Waals surface area (Å²) in [5, 5.41) is 0.0204. The minimum Gasteiger partial charge on any atom is -0.469 e. The Morgan fingerprint density at radius 3 is 2.70 bits per heavy atom. The summed E-state index contributed by atoms with van der Waals surface area (Å²) in [6.45, 7) is 6.96. The predicted octanol–water partition coefficient (Wildman–Crippen LogP) is 4.19. The molecule has 1 aromatic rings. The van der Waals surface area contributed by atoms with Gasteiger partial charge in [-0.05, 0) is 55.9 Å². The average molecular weight is 337 g/mol. The molecule has 122 valence electrons. The van der Waals surface area contributed by atoms with Crippen LogP contribution in [0.1, 0.15) is 31.4 Å². The highest BCUT2D eigenvalue weighted by atomic mass is 35.5. The van der Waals surface area contributed by atoms with Gasteiger partial charge in [-0.3, -0.25) is 4.79 Å². The zero-order valence-electron chi connectivity index (χ0n) is 12.9. The van der Waals surface area contributed by atoms with E-state index in [0.29, 0.717) is 18.3 Å². The molecule has 6 heteroatoms. The Kier molecular flexibility index (Phi) is 4.54. The molecule has 23 heavy (non-hydrogen) atoms. The first-order valence-electron chi connectivity index (χ1n) is 7.85. The lowest BCUT2D eigenvalue weighted by Crippen LogP contribution is -2.45. The van der Waals surface area contributed by atoms with Crippen molar-refractivity contribution in [3.8, 4) is 0 Å². The Balaban J connectivity index is 1.90. The second kappa shape index (κ2) is 6.45. The van der Waals surface area contributed by atoms with Crippen LogP contribution in [0.4, 0.5) is 10.1 Å². The summed E-state index contributed by atoms with van der Waals surface area (Å²) in [5.74, 6) is -0.165. The highest BCUT2D eigenvalue weighted by Crippen LogP contribution is 2.50. The van der Waals surface area contributed by atoms with Crippen LogP contribution in [0, 0.1) is 36.1 Å². The molecule has 0 spiro atoms. The molecule has 0 amide bonds. The lowest BCUT2D eigenvalue weighted by molar-refractivity contribution is -0.156. The Labute approximate surface area is 139 Å². The molecule has 2 atom stereocenters. The molecule has 3 aliphatic rings. The normalized spacial score (nSPS) is 29.1. The molecular weight excluding hydrogens is 319 g/mol. The fourth-order valence-electron chi connectivity index (χ4n) is 4.31. The van der Waals surface area contributed by atoms with E-state index in [1.807, 2.05) is 0 Å². The molecule has 0 N–H and O–H groups in total. The number of halogens is 2. The summed E-state index contributed by atoms with van der Waals surface area (Å²) in [6, 6.07) is 1.13. The van der Waals surface area contributed by atoms with Crippen LogP contribution in [0.25, 0.3) is 4.85 Å². The molecule has 3 saturated carbocycles. The molecule has 3 fully saturated rings. The zero-order valence-corrected chi connectivity index (χ0v) is 13.6. The monoisotopic (exact) mass is 336 g/mol. The number of ether oxygens (including phenoxy) is 1. The molecule has 0 saturated heterocycles. The summed E-state index contributed by atoms with van der Waals surface area (Å²) >= 11 is 5.94. The van der Waals surface area contributed by atoms with Gasteiger partial charge in [0.1, 0.15) is 11.0 Å². The topological polar surface area (TPSA) is 43.5 Å². The lowest BCUT2D eigenvalue weighted by atomic mass is 9.57. The van der Waals surface area contributed by atoms with Crippen molar-refractivity contribution < 1.29 is 13.9 Å². The van der Waals surface area contributed by atoms with E-state index < -0.39 is 5.82 Å². The Morgan fingerprint density at radius 1 is 1.43 bits per heavy atom. The van der Waals surface area contributed by atoms with Crippen LogP contribution in [0.3, 0.4) is 0 Å². The van der Waals surface area contributed by atoms with E-state index in [4.69, 9.17) is 22.9 Å². The molecule has 0 aromatic carbocycles. The smallest absolute Gasteiger partial charge is 0.309 e. The minimum absolute atomic E-state index is 0.0163. The minimum atomic E-state index is -0.523. The number of fused-ring (bicyclic) bond motifs is 3. The number of carbonyl (C=O) groups excluding carboxylic acids is 1. The number of methoxy groups -OCH3 is 1. The van der Waals surface area contributed by atoms with E-state index in [1.54, 1.807) is 0 Å². The summed E-state index contributed by atoms with van der Waals surface area (Å²) in [7, 11) is 1.40. The maximum Gasteiger partial charge on any atom is 0.309 e. The highest BCUT2D eigenvalue weighted by Gasteiger charge is 2.47. The third-order valence-electron chi connectivity index (χ3n) is 5.40. The number of hydrogen-bond acceptors (Lipinski definition) is 3. The third kappa shape index (κ3) is 2.92. The van der Waals surface area contributed by atoms with Gasteiger partial charge in [0.25, 0.3) is 0 Å². The molecule has 0 radical (unpaired) electrons. The quantitative estimate of drug-likeness (QED) is 0.472. The van der Waals surface area contributed by atoms with Crippen molar-refractivity contribution in [3.05, 3.63) is 34.1 Å². The number of rotatable bonds is 3. The number of carbonyl (C=O) groups is 1. The van der Waals surface area contributed by atoms with E-state index in [9.17, 15) is 9.18 Å². The maximum absolute atomic E-state index is 14.2. The molecule has 3 aliphatic carbocycles. The molecular formula is C17H18ClFN2O2. The number of esters is 1. The van der Waals surface area contributed by atoms with Crippen molar-refractivity contribution in [2.45, 2.75) is 32.1 Å². The SMILES string of the molecule is [C-]#[N+]c1cc(F)c(C[C@H]2C3CCC(CC3)[C@@H]2C(=O)OC)nc1Cl. The van der Waals surface area contributed by atoms with Gasteiger partial charge in [-0.25, -0.2) is 14.2 Å². The maximum atomic E-state index is 14.2. The van der Waals surface area contributed by atoms with E-state index in [0.717, 1.165) is 31.7 Å². The zero-order chi connectivity index (χ0) is 16.6. The van der Waals surface area contributed by atoms with Crippen LogP contribution >= 0.6 is 11.6 Å². The van der Waals surface area contributed by atoms with Gasteiger partial charge >= 0.3 is 5.97 Å². The summed E-state index contributed by atoms with van der Waals surface area (Å²) in [4.78, 5) is 19.4. The third-order valence-corrected chi connectivity index (χ3v) is 5.68. The van der Waals surface area contributed by atoms with Crippen LogP contribution in [0.15, 0.2) is 6.07 Å².